The Morgan fingerprint density at radius 2 is 1.54 bits per heavy atom. The van der Waals surface area contributed by atoms with Crippen molar-refractivity contribution in [2.24, 2.45) is 5.92 Å². The first-order chi connectivity index (χ1) is 5.64. The van der Waals surface area contributed by atoms with Crippen LogP contribution in [0.25, 0.3) is 0 Å². The fourth-order valence-electron chi connectivity index (χ4n) is 0.579. The Hall–Kier alpha value is -0.750. The second-order valence-electron chi connectivity index (χ2n) is 2.28. The predicted octanol–water partition coefficient (Wildman–Crippen LogP) is 3.25. The molecule has 0 aliphatic carbocycles. The van der Waals surface area contributed by atoms with Crippen molar-refractivity contribution >= 4 is 0 Å². The number of rotatable bonds is 3. The number of hydrogen-bond donors (Lipinski definition) is 0. The second-order valence-corrected chi connectivity index (χ2v) is 2.28. The molecular formula is C6H5F7. The Labute approximate surface area is 69.0 Å². The van der Waals surface area contributed by atoms with Gasteiger partial charge in [-0.25, -0.2) is 4.39 Å². The van der Waals surface area contributed by atoms with Crippen LogP contribution in [-0.4, -0.2) is 18.8 Å². The van der Waals surface area contributed by atoms with Gasteiger partial charge in [0.05, 0.1) is 0 Å². The first kappa shape index (κ1) is 12.2. The fraction of sp³-hybridized carbons (Fsp3) is 0.667. The van der Waals surface area contributed by atoms with Gasteiger partial charge in [-0.05, 0) is 0 Å². The number of halogens is 7. The van der Waals surface area contributed by atoms with Crippen molar-refractivity contribution in [2.75, 3.05) is 6.67 Å². The van der Waals surface area contributed by atoms with Crippen LogP contribution in [0.2, 0.25) is 0 Å². The van der Waals surface area contributed by atoms with Gasteiger partial charge >= 0.3 is 12.1 Å². The van der Waals surface area contributed by atoms with Crippen molar-refractivity contribution in [3.05, 3.63) is 12.4 Å². The molecule has 0 bridgehead atoms. The quantitative estimate of drug-likeness (QED) is 0.627. The summed E-state index contributed by atoms with van der Waals surface area (Å²) >= 11 is 0. The van der Waals surface area contributed by atoms with E-state index in [1.807, 2.05) is 6.58 Å². The van der Waals surface area contributed by atoms with E-state index in [2.05, 4.69) is 0 Å². The lowest BCUT2D eigenvalue weighted by molar-refractivity contribution is -0.236. The molecule has 1 atom stereocenters. The summed E-state index contributed by atoms with van der Waals surface area (Å²) in [6, 6.07) is 0. The van der Waals surface area contributed by atoms with Crippen LogP contribution in [0.3, 0.4) is 0 Å². The first-order valence-corrected chi connectivity index (χ1v) is 2.99. The Balaban J connectivity index is 4.88. The van der Waals surface area contributed by atoms with Gasteiger partial charge in [0.25, 0.3) is 0 Å². The maximum atomic E-state index is 12.3. The van der Waals surface area contributed by atoms with Gasteiger partial charge < -0.3 is 0 Å². The Kier molecular flexibility index (Phi) is 3.34. The molecule has 1 unspecified atom stereocenters. The van der Waals surface area contributed by atoms with Crippen LogP contribution >= 0.6 is 0 Å². The third-order valence-corrected chi connectivity index (χ3v) is 1.35. The van der Waals surface area contributed by atoms with Crippen molar-refractivity contribution < 1.29 is 30.7 Å². The molecule has 0 fully saturated rings. The Morgan fingerprint density at radius 3 is 1.62 bits per heavy atom. The normalized spacial score (nSPS) is 15.6. The highest BCUT2D eigenvalue weighted by Crippen LogP contribution is 2.42. The highest BCUT2D eigenvalue weighted by molar-refractivity contribution is 5.03. The molecule has 0 aliphatic rings. The van der Waals surface area contributed by atoms with E-state index >= 15 is 0 Å². The fourth-order valence-corrected chi connectivity index (χ4v) is 0.579. The van der Waals surface area contributed by atoms with Crippen LogP contribution in [0.4, 0.5) is 30.7 Å². The third-order valence-electron chi connectivity index (χ3n) is 1.35. The van der Waals surface area contributed by atoms with Gasteiger partial charge in [0, 0.05) is 0 Å². The molecule has 0 radical (unpaired) electrons. The largest absolute Gasteiger partial charge is 0.400 e. The maximum Gasteiger partial charge on any atom is 0.400 e. The number of allylic oxidation sites excluding steroid dienone is 1. The predicted molar refractivity (Wildman–Crippen MR) is 30.7 cm³/mol. The van der Waals surface area contributed by atoms with Gasteiger partial charge in [0.1, 0.15) is 6.67 Å². The minimum absolute atomic E-state index is 2.03. The smallest absolute Gasteiger partial charge is 0.250 e. The molecule has 13 heavy (non-hydrogen) atoms. The van der Waals surface area contributed by atoms with Crippen LogP contribution in [0.5, 0.6) is 0 Å². The average molecular weight is 210 g/mol. The summed E-state index contributed by atoms with van der Waals surface area (Å²) in [6.07, 6.45) is -5.49. The first-order valence-electron chi connectivity index (χ1n) is 2.99. The van der Waals surface area contributed by atoms with Crippen molar-refractivity contribution in [3.63, 3.8) is 0 Å². The summed E-state index contributed by atoms with van der Waals surface area (Å²) in [5.74, 6) is -11.1. The lowest BCUT2D eigenvalue weighted by Gasteiger charge is -2.24. The van der Waals surface area contributed by atoms with Gasteiger partial charge in [-0.3, -0.25) is 4.39 Å². The molecule has 0 rings (SSSR count). The van der Waals surface area contributed by atoms with Crippen molar-refractivity contribution in [2.45, 2.75) is 12.1 Å². The van der Waals surface area contributed by atoms with Gasteiger partial charge in [-0.1, -0.05) is 6.58 Å². The summed E-state index contributed by atoms with van der Waals surface area (Å²) in [5, 5.41) is 0. The molecule has 0 amide bonds. The highest BCUT2D eigenvalue weighted by Gasteiger charge is 2.57. The van der Waals surface area contributed by atoms with E-state index in [1.165, 1.54) is 0 Å². The minimum Gasteiger partial charge on any atom is -0.250 e. The average Bonchev–Trinajstić information content (AvgIpc) is 1.83. The second kappa shape index (κ2) is 3.55. The topological polar surface area (TPSA) is 0 Å². The highest BCUT2D eigenvalue weighted by atomic mass is 19.4. The number of hydrogen-bond acceptors (Lipinski definition) is 0. The summed E-state index contributed by atoms with van der Waals surface area (Å²) in [5.41, 5.74) is 0. The SMILES string of the molecule is C=C(F)C(F)(F)C(CF)C(F)(F)F. The monoisotopic (exact) mass is 210 g/mol. The van der Waals surface area contributed by atoms with Crippen LogP contribution < -0.4 is 0 Å². The molecule has 0 nitrogen and oxygen atoms in total. The van der Waals surface area contributed by atoms with Crippen LogP contribution in [-0.2, 0) is 0 Å². The standard InChI is InChI=1S/C6H5F7/c1-3(8)5(9,10)4(2-7)6(11,12)13/h4H,1-2H2. The zero-order valence-electron chi connectivity index (χ0n) is 6.14. The molecule has 78 valence electrons. The molecule has 0 aromatic carbocycles. The van der Waals surface area contributed by atoms with Gasteiger partial charge in [-0.2, -0.15) is 22.0 Å². The van der Waals surface area contributed by atoms with Crippen LogP contribution in [0, 0.1) is 5.92 Å². The van der Waals surface area contributed by atoms with Crippen LogP contribution in [0.1, 0.15) is 0 Å². The molecule has 0 aliphatic heterocycles. The molecule has 0 saturated heterocycles. The molecule has 0 spiro atoms. The van der Waals surface area contributed by atoms with E-state index in [1.54, 1.807) is 0 Å². The third kappa shape index (κ3) is 2.60. The lowest BCUT2D eigenvalue weighted by Crippen LogP contribution is -2.41. The molecule has 0 heterocycles. The van der Waals surface area contributed by atoms with E-state index in [0.717, 1.165) is 0 Å². The maximum absolute atomic E-state index is 12.3. The summed E-state index contributed by atoms with van der Waals surface area (Å²) < 4.78 is 82.9. The van der Waals surface area contributed by atoms with E-state index in [9.17, 15) is 30.7 Å². The van der Waals surface area contributed by atoms with Crippen molar-refractivity contribution in [1.29, 1.82) is 0 Å². The number of alkyl halides is 6. The molecular weight excluding hydrogens is 205 g/mol. The van der Waals surface area contributed by atoms with Crippen molar-refractivity contribution in [3.8, 4) is 0 Å². The van der Waals surface area contributed by atoms with E-state index in [4.69, 9.17) is 0 Å². The molecule has 0 saturated carbocycles. The zero-order valence-corrected chi connectivity index (χ0v) is 6.14. The lowest BCUT2D eigenvalue weighted by atomic mass is 10.0. The molecule has 0 aromatic heterocycles. The van der Waals surface area contributed by atoms with Gasteiger partial charge in [0.2, 0.25) is 0 Å². The summed E-state index contributed by atoms with van der Waals surface area (Å²) in [7, 11) is 0. The van der Waals surface area contributed by atoms with Crippen LogP contribution in [0.15, 0.2) is 12.4 Å². The summed E-state index contributed by atoms with van der Waals surface area (Å²) in [4.78, 5) is 0. The van der Waals surface area contributed by atoms with Gasteiger partial charge in [0.15, 0.2) is 11.7 Å². The van der Waals surface area contributed by atoms with E-state index < -0.39 is 30.5 Å². The zero-order chi connectivity index (χ0) is 10.9. The van der Waals surface area contributed by atoms with E-state index in [-0.39, 0.29) is 0 Å². The minimum atomic E-state index is -5.49. The van der Waals surface area contributed by atoms with Crippen molar-refractivity contribution in [1.82, 2.24) is 0 Å². The van der Waals surface area contributed by atoms with Gasteiger partial charge in [-0.15, -0.1) is 0 Å². The molecule has 0 aromatic rings. The summed E-state index contributed by atoms with van der Waals surface area (Å²) in [6.45, 7) is -0.364. The Morgan fingerprint density at radius 1 is 1.15 bits per heavy atom. The molecule has 0 N–H and O–H groups in total. The Bertz CT molecular complexity index is 192. The molecule has 7 heteroatoms. The van der Waals surface area contributed by atoms with E-state index in [0.29, 0.717) is 0 Å².